The Balaban J connectivity index is 1.45. The highest BCUT2D eigenvalue weighted by Gasteiger charge is 2.52. The lowest BCUT2D eigenvalue weighted by molar-refractivity contribution is -0.135. The maximum atomic E-state index is 13.1. The van der Waals surface area contributed by atoms with Gasteiger partial charge in [-0.1, -0.05) is 0 Å². The van der Waals surface area contributed by atoms with Gasteiger partial charge in [-0.15, -0.1) is 0 Å². The van der Waals surface area contributed by atoms with Crippen LogP contribution in [0, 0.1) is 11.7 Å². The molecule has 0 radical (unpaired) electrons. The maximum Gasteiger partial charge on any atom is 0.325 e. The van der Waals surface area contributed by atoms with E-state index in [1.54, 1.807) is 17.0 Å². The minimum Gasteiger partial charge on any atom is -0.381 e. The normalized spacial score (nSPS) is 25.3. The molecule has 3 saturated heterocycles. The Hall–Kier alpha value is -2.48. The van der Waals surface area contributed by atoms with Gasteiger partial charge >= 0.3 is 6.03 Å². The summed E-state index contributed by atoms with van der Waals surface area (Å²) in [6.07, 6.45) is 1.20. The number of imide groups is 1. The van der Waals surface area contributed by atoms with E-state index in [1.165, 1.54) is 17.0 Å². The molecule has 1 unspecified atom stereocenters. The van der Waals surface area contributed by atoms with Gasteiger partial charge in [0.05, 0.1) is 0 Å². The molecule has 4 amide bonds. The van der Waals surface area contributed by atoms with E-state index in [0.29, 0.717) is 38.3 Å². The predicted octanol–water partition coefficient (Wildman–Crippen LogP) is 1.28. The zero-order chi connectivity index (χ0) is 18.3. The molecular weight excluding hydrogens is 341 g/mol. The van der Waals surface area contributed by atoms with Crippen LogP contribution >= 0.6 is 0 Å². The van der Waals surface area contributed by atoms with Gasteiger partial charge in [0, 0.05) is 57.2 Å². The molecule has 3 heterocycles. The zero-order valence-electron chi connectivity index (χ0n) is 14.2. The number of amides is 4. The van der Waals surface area contributed by atoms with Crippen molar-refractivity contribution in [3.05, 3.63) is 30.1 Å². The number of nitrogens with zero attached hydrogens (tertiary/aromatic N) is 2. The Labute approximate surface area is 150 Å². The van der Waals surface area contributed by atoms with Crippen molar-refractivity contribution >= 4 is 23.5 Å². The second-order valence-electron chi connectivity index (χ2n) is 7.09. The molecule has 0 aromatic heterocycles. The van der Waals surface area contributed by atoms with Crippen LogP contribution in [0.15, 0.2) is 24.3 Å². The van der Waals surface area contributed by atoms with Gasteiger partial charge in [-0.3, -0.25) is 14.5 Å². The van der Waals surface area contributed by atoms with Crippen LogP contribution in [0.4, 0.5) is 14.9 Å². The van der Waals surface area contributed by atoms with Crippen LogP contribution in [-0.2, 0) is 14.3 Å². The van der Waals surface area contributed by atoms with Gasteiger partial charge < -0.3 is 15.0 Å². The summed E-state index contributed by atoms with van der Waals surface area (Å²) in [5, 5.41) is 2.82. The van der Waals surface area contributed by atoms with E-state index >= 15 is 0 Å². The molecule has 1 aromatic carbocycles. The number of hydrogen-bond acceptors (Lipinski definition) is 4. The fourth-order valence-electron chi connectivity index (χ4n) is 3.93. The lowest BCUT2D eigenvalue weighted by atomic mass is 9.90. The maximum absolute atomic E-state index is 13.1. The molecule has 26 heavy (non-hydrogen) atoms. The standard InChI is InChI=1S/C18H20FN3O4/c19-13-1-3-14(4-2-13)21-10-12(9-15(21)23)11-22-16(24)18(20-17(22)25)5-7-26-8-6-18/h1-4,12H,5-11H2,(H,20,25). The van der Waals surface area contributed by atoms with Crippen molar-refractivity contribution in [2.45, 2.75) is 24.8 Å². The smallest absolute Gasteiger partial charge is 0.325 e. The lowest BCUT2D eigenvalue weighted by Crippen LogP contribution is -2.51. The third-order valence-electron chi connectivity index (χ3n) is 5.38. The first-order chi connectivity index (χ1) is 12.5. The molecule has 8 heteroatoms. The molecule has 7 nitrogen and oxygen atoms in total. The number of halogens is 1. The molecule has 0 aliphatic carbocycles. The van der Waals surface area contributed by atoms with Crippen LogP contribution in [0.1, 0.15) is 19.3 Å². The summed E-state index contributed by atoms with van der Waals surface area (Å²) in [6.45, 7) is 1.49. The van der Waals surface area contributed by atoms with Gasteiger partial charge in [-0.2, -0.15) is 0 Å². The second-order valence-corrected chi connectivity index (χ2v) is 7.09. The molecule has 1 N–H and O–H groups in total. The van der Waals surface area contributed by atoms with Gasteiger partial charge in [0.2, 0.25) is 5.91 Å². The van der Waals surface area contributed by atoms with Crippen molar-refractivity contribution in [3.8, 4) is 0 Å². The van der Waals surface area contributed by atoms with Gasteiger partial charge in [-0.05, 0) is 24.3 Å². The van der Waals surface area contributed by atoms with E-state index in [2.05, 4.69) is 5.32 Å². The number of benzene rings is 1. The number of ether oxygens (including phenoxy) is 1. The van der Waals surface area contributed by atoms with Crippen molar-refractivity contribution < 1.29 is 23.5 Å². The van der Waals surface area contributed by atoms with Crippen LogP contribution in [0.5, 0.6) is 0 Å². The van der Waals surface area contributed by atoms with Gasteiger partial charge in [0.25, 0.3) is 5.91 Å². The first kappa shape index (κ1) is 17.0. The first-order valence-electron chi connectivity index (χ1n) is 8.76. The number of rotatable bonds is 3. The lowest BCUT2D eigenvalue weighted by Gasteiger charge is -2.30. The topological polar surface area (TPSA) is 79.0 Å². The molecule has 4 rings (SSSR count). The highest BCUT2D eigenvalue weighted by molar-refractivity contribution is 6.07. The second kappa shape index (κ2) is 6.35. The van der Waals surface area contributed by atoms with Crippen LogP contribution < -0.4 is 10.2 Å². The third-order valence-corrected chi connectivity index (χ3v) is 5.38. The van der Waals surface area contributed by atoms with Crippen LogP contribution in [0.2, 0.25) is 0 Å². The summed E-state index contributed by atoms with van der Waals surface area (Å²) in [4.78, 5) is 40.3. The minimum atomic E-state index is -0.853. The summed E-state index contributed by atoms with van der Waals surface area (Å²) < 4.78 is 18.4. The number of anilines is 1. The summed E-state index contributed by atoms with van der Waals surface area (Å²) in [6, 6.07) is 5.33. The summed E-state index contributed by atoms with van der Waals surface area (Å²) in [5.74, 6) is -0.816. The minimum absolute atomic E-state index is 0.0885. The monoisotopic (exact) mass is 361 g/mol. The Morgan fingerprint density at radius 3 is 2.54 bits per heavy atom. The predicted molar refractivity (Wildman–Crippen MR) is 89.9 cm³/mol. The van der Waals surface area contributed by atoms with Crippen molar-refractivity contribution in [1.29, 1.82) is 0 Å². The number of nitrogens with one attached hydrogen (secondary N) is 1. The number of hydrogen-bond donors (Lipinski definition) is 1. The van der Waals surface area contributed by atoms with Gasteiger partial charge in [-0.25, -0.2) is 9.18 Å². The summed E-state index contributed by atoms with van der Waals surface area (Å²) in [7, 11) is 0. The highest BCUT2D eigenvalue weighted by atomic mass is 19.1. The number of carbonyl (C=O) groups is 3. The summed E-state index contributed by atoms with van der Waals surface area (Å²) >= 11 is 0. The van der Waals surface area contributed by atoms with E-state index in [4.69, 9.17) is 4.74 Å². The largest absolute Gasteiger partial charge is 0.381 e. The van der Waals surface area contributed by atoms with Crippen LogP contribution in [0.3, 0.4) is 0 Å². The molecule has 1 aromatic rings. The molecule has 0 saturated carbocycles. The first-order valence-corrected chi connectivity index (χ1v) is 8.76. The van der Waals surface area contributed by atoms with E-state index in [-0.39, 0.29) is 36.5 Å². The van der Waals surface area contributed by atoms with E-state index in [1.807, 2.05) is 0 Å². The number of urea groups is 1. The SMILES string of the molecule is O=C1NC2(CCOCC2)C(=O)N1CC1CC(=O)N(c2ccc(F)cc2)C1. The average Bonchev–Trinajstić information content (AvgIpc) is 3.10. The molecule has 1 atom stereocenters. The van der Waals surface area contributed by atoms with Crippen molar-refractivity contribution in [1.82, 2.24) is 10.2 Å². The third kappa shape index (κ3) is 2.84. The van der Waals surface area contributed by atoms with Crippen molar-refractivity contribution in [3.63, 3.8) is 0 Å². The highest BCUT2D eigenvalue weighted by Crippen LogP contribution is 2.31. The average molecular weight is 361 g/mol. The Kier molecular flexibility index (Phi) is 4.14. The fraction of sp³-hybridized carbons (Fsp3) is 0.500. The Morgan fingerprint density at radius 1 is 1.15 bits per heavy atom. The molecule has 3 aliphatic heterocycles. The van der Waals surface area contributed by atoms with Crippen molar-refractivity contribution in [2.75, 3.05) is 31.2 Å². The Morgan fingerprint density at radius 2 is 1.85 bits per heavy atom. The quantitative estimate of drug-likeness (QED) is 0.823. The summed E-state index contributed by atoms with van der Waals surface area (Å²) in [5.41, 5.74) is -0.230. The molecule has 3 fully saturated rings. The Bertz CT molecular complexity index is 745. The van der Waals surface area contributed by atoms with Crippen molar-refractivity contribution in [2.24, 2.45) is 5.92 Å². The zero-order valence-corrected chi connectivity index (χ0v) is 14.2. The molecule has 138 valence electrons. The van der Waals surface area contributed by atoms with Gasteiger partial charge in [0.15, 0.2) is 0 Å². The van der Waals surface area contributed by atoms with E-state index < -0.39 is 11.6 Å². The number of carbonyl (C=O) groups excluding carboxylic acids is 3. The molecule has 0 bridgehead atoms. The molecule has 3 aliphatic rings. The van der Waals surface area contributed by atoms with Crippen LogP contribution in [-0.4, -0.2) is 54.6 Å². The van der Waals surface area contributed by atoms with Crippen LogP contribution in [0.25, 0.3) is 0 Å². The van der Waals surface area contributed by atoms with E-state index in [9.17, 15) is 18.8 Å². The molecular formula is C18H20FN3O4. The van der Waals surface area contributed by atoms with Gasteiger partial charge in [0.1, 0.15) is 11.4 Å². The molecule has 1 spiro atoms. The fourth-order valence-corrected chi connectivity index (χ4v) is 3.93. The van der Waals surface area contributed by atoms with E-state index in [0.717, 1.165) is 0 Å².